The third kappa shape index (κ3) is 4.54. The van der Waals surface area contributed by atoms with Crippen LogP contribution in [0.25, 0.3) is 0 Å². The molecule has 0 heterocycles. The summed E-state index contributed by atoms with van der Waals surface area (Å²) in [5.41, 5.74) is 5.18. The summed E-state index contributed by atoms with van der Waals surface area (Å²) >= 11 is 0. The highest BCUT2D eigenvalue weighted by atomic mass is 16.4. The molecule has 0 unspecified atom stereocenters. The van der Waals surface area contributed by atoms with E-state index < -0.39 is 0 Å². The number of hydrogen-bond acceptors (Lipinski definition) is 3. The molecule has 1 amide bonds. The summed E-state index contributed by atoms with van der Waals surface area (Å²) in [7, 11) is 0. The van der Waals surface area contributed by atoms with E-state index in [4.69, 9.17) is 10.9 Å². The Labute approximate surface area is 71.6 Å². The molecule has 5 heteroatoms. The summed E-state index contributed by atoms with van der Waals surface area (Å²) in [6.45, 7) is 4.02. The zero-order valence-corrected chi connectivity index (χ0v) is 7.37. The Hall–Kier alpha value is -1.26. The van der Waals surface area contributed by atoms with Crippen LogP contribution >= 0.6 is 0 Å². The number of nitrogens with zero attached hydrogens (tertiary/aromatic N) is 1. The first kappa shape index (κ1) is 10.7. The van der Waals surface area contributed by atoms with Gasteiger partial charge in [-0.3, -0.25) is 4.79 Å². The van der Waals surface area contributed by atoms with Gasteiger partial charge in [-0.25, -0.2) is 0 Å². The quantitative estimate of drug-likeness (QED) is 0.240. The van der Waals surface area contributed by atoms with E-state index in [1.165, 1.54) is 0 Å². The summed E-state index contributed by atoms with van der Waals surface area (Å²) < 4.78 is 0. The van der Waals surface area contributed by atoms with Crippen molar-refractivity contribution in [2.45, 2.75) is 20.3 Å². The van der Waals surface area contributed by atoms with E-state index in [-0.39, 0.29) is 17.7 Å². The van der Waals surface area contributed by atoms with Crippen molar-refractivity contribution in [2.24, 2.45) is 16.8 Å². The van der Waals surface area contributed by atoms with Crippen LogP contribution in [0.4, 0.5) is 0 Å². The summed E-state index contributed by atoms with van der Waals surface area (Å²) in [6.07, 6.45) is 0.370. The van der Waals surface area contributed by atoms with E-state index in [1.807, 2.05) is 0 Å². The van der Waals surface area contributed by atoms with Gasteiger partial charge < -0.3 is 16.3 Å². The first-order valence-corrected chi connectivity index (χ1v) is 3.82. The Morgan fingerprint density at radius 2 is 2.25 bits per heavy atom. The molecule has 0 aromatic rings. The summed E-state index contributed by atoms with van der Waals surface area (Å²) in [4.78, 5) is 11.0. The molecule has 12 heavy (non-hydrogen) atoms. The van der Waals surface area contributed by atoms with Crippen LogP contribution in [0, 0.1) is 5.92 Å². The predicted octanol–water partition coefficient (Wildman–Crippen LogP) is -0.105. The van der Waals surface area contributed by atoms with Gasteiger partial charge in [-0.05, 0) is 0 Å². The number of rotatable bonds is 4. The van der Waals surface area contributed by atoms with Gasteiger partial charge in [0.25, 0.3) is 0 Å². The zero-order valence-electron chi connectivity index (χ0n) is 7.37. The van der Waals surface area contributed by atoms with E-state index in [0.29, 0.717) is 13.0 Å². The second-order valence-electron chi connectivity index (χ2n) is 2.79. The van der Waals surface area contributed by atoms with Crippen molar-refractivity contribution in [3.05, 3.63) is 0 Å². The van der Waals surface area contributed by atoms with Crippen LogP contribution in [0.2, 0.25) is 0 Å². The molecule has 0 aliphatic rings. The van der Waals surface area contributed by atoms with Crippen LogP contribution < -0.4 is 11.1 Å². The number of amides is 1. The molecule has 0 fully saturated rings. The Bertz CT molecular complexity index is 177. The fourth-order valence-corrected chi connectivity index (χ4v) is 0.568. The molecule has 0 saturated carbocycles. The second-order valence-corrected chi connectivity index (χ2v) is 2.79. The van der Waals surface area contributed by atoms with E-state index >= 15 is 0 Å². The molecule has 4 N–H and O–H groups in total. The normalized spacial score (nSPS) is 11.8. The lowest BCUT2D eigenvalue weighted by molar-refractivity contribution is -0.123. The highest BCUT2D eigenvalue weighted by Crippen LogP contribution is 1.90. The molecule has 0 bridgehead atoms. The fourth-order valence-electron chi connectivity index (χ4n) is 0.568. The van der Waals surface area contributed by atoms with Gasteiger partial charge in [-0.15, -0.1) is 0 Å². The SMILES string of the molecule is CC(C)C(=O)NCCC(N)=NO. The molecule has 0 atom stereocenters. The molecule has 5 nitrogen and oxygen atoms in total. The standard InChI is InChI=1S/C7H15N3O2/c1-5(2)7(11)9-4-3-6(8)10-12/h5,12H,3-4H2,1-2H3,(H2,8,10)(H,9,11). The van der Waals surface area contributed by atoms with Gasteiger partial charge in [0.15, 0.2) is 0 Å². The number of amidine groups is 1. The van der Waals surface area contributed by atoms with Gasteiger partial charge in [0.05, 0.1) is 0 Å². The Morgan fingerprint density at radius 3 is 2.67 bits per heavy atom. The second kappa shape index (κ2) is 5.40. The minimum Gasteiger partial charge on any atom is -0.409 e. The van der Waals surface area contributed by atoms with Gasteiger partial charge in [0, 0.05) is 18.9 Å². The van der Waals surface area contributed by atoms with E-state index in [2.05, 4.69) is 10.5 Å². The van der Waals surface area contributed by atoms with E-state index in [0.717, 1.165) is 0 Å². The number of nitrogens with two attached hydrogens (primary N) is 1. The van der Waals surface area contributed by atoms with Crippen LogP contribution in [-0.2, 0) is 4.79 Å². The topological polar surface area (TPSA) is 87.7 Å². The molecule has 0 rings (SSSR count). The maximum Gasteiger partial charge on any atom is 0.222 e. The van der Waals surface area contributed by atoms with Gasteiger partial charge in [0.1, 0.15) is 5.84 Å². The van der Waals surface area contributed by atoms with Gasteiger partial charge >= 0.3 is 0 Å². The van der Waals surface area contributed by atoms with Crippen molar-refractivity contribution >= 4 is 11.7 Å². The van der Waals surface area contributed by atoms with Crippen molar-refractivity contribution in [2.75, 3.05) is 6.54 Å². The van der Waals surface area contributed by atoms with Crippen molar-refractivity contribution in [1.29, 1.82) is 0 Å². The average Bonchev–Trinajstić information content (AvgIpc) is 2.03. The van der Waals surface area contributed by atoms with E-state index in [1.54, 1.807) is 13.8 Å². The monoisotopic (exact) mass is 173 g/mol. The third-order valence-corrected chi connectivity index (χ3v) is 1.33. The van der Waals surface area contributed by atoms with Crippen molar-refractivity contribution < 1.29 is 10.0 Å². The number of nitrogens with one attached hydrogen (secondary N) is 1. The Kier molecular flexibility index (Phi) is 4.83. The molecule has 0 saturated heterocycles. The van der Waals surface area contributed by atoms with Crippen LogP contribution in [-0.4, -0.2) is 23.5 Å². The third-order valence-electron chi connectivity index (χ3n) is 1.33. The van der Waals surface area contributed by atoms with Gasteiger partial charge in [0.2, 0.25) is 5.91 Å². The molecule has 0 aliphatic carbocycles. The highest BCUT2D eigenvalue weighted by molar-refractivity contribution is 5.81. The van der Waals surface area contributed by atoms with Gasteiger partial charge in [-0.1, -0.05) is 19.0 Å². The summed E-state index contributed by atoms with van der Waals surface area (Å²) in [5.74, 6) is 0.0667. The smallest absolute Gasteiger partial charge is 0.222 e. The van der Waals surface area contributed by atoms with Crippen molar-refractivity contribution in [3.63, 3.8) is 0 Å². The highest BCUT2D eigenvalue weighted by Gasteiger charge is 2.05. The van der Waals surface area contributed by atoms with E-state index in [9.17, 15) is 4.79 Å². The Balaban J connectivity index is 3.51. The van der Waals surface area contributed by atoms with Crippen LogP contribution in [0.1, 0.15) is 20.3 Å². The molecule has 0 aliphatic heterocycles. The first-order chi connectivity index (χ1) is 5.57. The Morgan fingerprint density at radius 1 is 1.67 bits per heavy atom. The number of hydrogen-bond donors (Lipinski definition) is 3. The average molecular weight is 173 g/mol. The van der Waals surface area contributed by atoms with Crippen LogP contribution in [0.3, 0.4) is 0 Å². The zero-order chi connectivity index (χ0) is 9.56. The lowest BCUT2D eigenvalue weighted by atomic mass is 10.2. The molecule has 0 radical (unpaired) electrons. The minimum absolute atomic E-state index is 0.0271. The summed E-state index contributed by atoms with van der Waals surface area (Å²) in [5, 5.41) is 13.6. The number of carbonyl (C=O) groups excluding carboxylic acids is 1. The van der Waals surface area contributed by atoms with Crippen LogP contribution in [0.5, 0.6) is 0 Å². The van der Waals surface area contributed by atoms with Crippen molar-refractivity contribution in [3.8, 4) is 0 Å². The maximum atomic E-state index is 11.0. The lowest BCUT2D eigenvalue weighted by Gasteiger charge is -2.05. The van der Waals surface area contributed by atoms with Crippen molar-refractivity contribution in [1.82, 2.24) is 5.32 Å². The lowest BCUT2D eigenvalue weighted by Crippen LogP contribution is -2.31. The first-order valence-electron chi connectivity index (χ1n) is 3.82. The molecule has 0 aromatic carbocycles. The number of oxime groups is 1. The molecular weight excluding hydrogens is 158 g/mol. The largest absolute Gasteiger partial charge is 0.409 e. The molecule has 0 aromatic heterocycles. The molecular formula is C7H15N3O2. The number of carbonyl (C=O) groups is 1. The maximum absolute atomic E-state index is 11.0. The van der Waals surface area contributed by atoms with Crippen LogP contribution in [0.15, 0.2) is 5.16 Å². The molecule has 0 spiro atoms. The summed E-state index contributed by atoms with van der Waals surface area (Å²) in [6, 6.07) is 0. The molecule has 70 valence electrons. The predicted molar refractivity (Wildman–Crippen MR) is 45.9 cm³/mol. The van der Waals surface area contributed by atoms with Gasteiger partial charge in [-0.2, -0.15) is 0 Å². The fraction of sp³-hybridized carbons (Fsp3) is 0.714. The minimum atomic E-state index is -0.0303.